The number of hydrogen-bond acceptors (Lipinski definition) is 4. The van der Waals surface area contributed by atoms with Crippen molar-refractivity contribution in [3.05, 3.63) is 17.3 Å². The fourth-order valence-electron chi connectivity index (χ4n) is 1.76. The van der Waals surface area contributed by atoms with Crippen LogP contribution >= 0.6 is 0 Å². The predicted octanol–water partition coefficient (Wildman–Crippen LogP) is 1.62. The maximum atomic E-state index is 12.3. The van der Waals surface area contributed by atoms with Crippen LogP contribution in [0.5, 0.6) is 0 Å². The summed E-state index contributed by atoms with van der Waals surface area (Å²) in [6, 6.07) is 0. The molecule has 0 aliphatic heterocycles. The van der Waals surface area contributed by atoms with E-state index < -0.39 is 17.4 Å². The molecule has 0 atom stereocenters. The van der Waals surface area contributed by atoms with Gasteiger partial charge in [0.15, 0.2) is 5.89 Å². The van der Waals surface area contributed by atoms with Gasteiger partial charge in [0.05, 0.1) is 5.69 Å². The first-order chi connectivity index (χ1) is 8.21. The quantitative estimate of drug-likeness (QED) is 0.882. The van der Waals surface area contributed by atoms with Crippen molar-refractivity contribution in [2.24, 2.45) is 0 Å². The lowest BCUT2D eigenvalue weighted by molar-refractivity contribution is -0.147. The standard InChI is InChI=1S/C12H18N2O4/c1-6-14(12(4,5)11(16)17)10(15)9-7(2)13-8(3)18-9/h6H2,1-5H3,(H,16,17). The van der Waals surface area contributed by atoms with Crippen molar-refractivity contribution in [1.82, 2.24) is 9.88 Å². The molecule has 6 nitrogen and oxygen atoms in total. The van der Waals surface area contributed by atoms with Crippen LogP contribution in [0.25, 0.3) is 0 Å². The number of amides is 1. The Bertz CT molecular complexity index is 476. The average molecular weight is 254 g/mol. The number of likely N-dealkylation sites (N-methyl/N-ethyl adjacent to an activating group) is 1. The van der Waals surface area contributed by atoms with E-state index in [1.807, 2.05) is 0 Å². The SMILES string of the molecule is CCN(C(=O)c1oc(C)nc1C)C(C)(C)C(=O)O. The summed E-state index contributed by atoms with van der Waals surface area (Å²) >= 11 is 0. The molecule has 1 heterocycles. The first-order valence-electron chi connectivity index (χ1n) is 5.71. The summed E-state index contributed by atoms with van der Waals surface area (Å²) in [6.45, 7) is 8.26. The molecule has 0 saturated carbocycles. The zero-order chi connectivity index (χ0) is 14.1. The minimum absolute atomic E-state index is 0.101. The van der Waals surface area contributed by atoms with Gasteiger partial charge < -0.3 is 14.4 Å². The molecule has 0 bridgehead atoms. The van der Waals surface area contributed by atoms with Gasteiger partial charge in [-0.15, -0.1) is 0 Å². The molecule has 18 heavy (non-hydrogen) atoms. The molecule has 0 spiro atoms. The molecule has 1 N–H and O–H groups in total. The third-order valence-corrected chi connectivity index (χ3v) is 2.86. The smallest absolute Gasteiger partial charge is 0.329 e. The van der Waals surface area contributed by atoms with Crippen molar-refractivity contribution < 1.29 is 19.1 Å². The van der Waals surface area contributed by atoms with Crippen molar-refractivity contribution in [2.45, 2.75) is 40.2 Å². The highest BCUT2D eigenvalue weighted by atomic mass is 16.4. The highest BCUT2D eigenvalue weighted by Gasteiger charge is 2.39. The summed E-state index contributed by atoms with van der Waals surface area (Å²) in [7, 11) is 0. The highest BCUT2D eigenvalue weighted by molar-refractivity contribution is 5.96. The molecule has 1 rings (SSSR count). The molecule has 0 aliphatic carbocycles. The highest BCUT2D eigenvalue weighted by Crippen LogP contribution is 2.20. The number of aryl methyl sites for hydroxylation is 2. The van der Waals surface area contributed by atoms with E-state index in [0.29, 0.717) is 11.6 Å². The summed E-state index contributed by atoms with van der Waals surface area (Å²) in [6.07, 6.45) is 0. The maximum absolute atomic E-state index is 12.3. The lowest BCUT2D eigenvalue weighted by atomic mass is 10.0. The summed E-state index contributed by atoms with van der Waals surface area (Å²) in [5.74, 6) is -1.03. The second-order valence-corrected chi connectivity index (χ2v) is 4.56. The van der Waals surface area contributed by atoms with Gasteiger partial charge in [0.1, 0.15) is 5.54 Å². The number of carboxylic acid groups (broad SMARTS) is 1. The average Bonchev–Trinajstić information content (AvgIpc) is 2.58. The van der Waals surface area contributed by atoms with Crippen molar-refractivity contribution >= 4 is 11.9 Å². The number of aliphatic carboxylic acids is 1. The molecule has 0 saturated heterocycles. The van der Waals surface area contributed by atoms with E-state index in [4.69, 9.17) is 4.42 Å². The van der Waals surface area contributed by atoms with Gasteiger partial charge in [-0.05, 0) is 27.7 Å². The summed E-state index contributed by atoms with van der Waals surface area (Å²) < 4.78 is 5.24. The van der Waals surface area contributed by atoms with Crippen LogP contribution in [0.15, 0.2) is 4.42 Å². The number of carbonyl (C=O) groups is 2. The number of carbonyl (C=O) groups excluding carboxylic acids is 1. The van der Waals surface area contributed by atoms with E-state index in [1.165, 1.54) is 18.7 Å². The van der Waals surface area contributed by atoms with Crippen molar-refractivity contribution in [1.29, 1.82) is 0 Å². The Morgan fingerprint density at radius 2 is 1.94 bits per heavy atom. The lowest BCUT2D eigenvalue weighted by Gasteiger charge is -2.33. The molecular formula is C12H18N2O4. The van der Waals surface area contributed by atoms with Crippen LogP contribution in [0, 0.1) is 13.8 Å². The Labute approximate surface area is 106 Å². The Kier molecular flexibility index (Phi) is 3.79. The number of nitrogens with zero attached hydrogens (tertiary/aromatic N) is 2. The molecule has 100 valence electrons. The molecule has 0 fully saturated rings. The first-order valence-corrected chi connectivity index (χ1v) is 5.71. The van der Waals surface area contributed by atoms with E-state index in [1.54, 1.807) is 20.8 Å². The fraction of sp³-hybridized carbons (Fsp3) is 0.583. The van der Waals surface area contributed by atoms with Crippen LogP contribution in [-0.4, -0.2) is 39.0 Å². The van der Waals surface area contributed by atoms with E-state index in [-0.39, 0.29) is 12.3 Å². The molecule has 1 amide bonds. The monoisotopic (exact) mass is 254 g/mol. The van der Waals surface area contributed by atoms with Crippen LogP contribution in [0.4, 0.5) is 0 Å². The zero-order valence-electron chi connectivity index (χ0n) is 11.3. The largest absolute Gasteiger partial charge is 0.480 e. The fourth-order valence-corrected chi connectivity index (χ4v) is 1.76. The van der Waals surface area contributed by atoms with Gasteiger partial charge in [0.2, 0.25) is 5.76 Å². The minimum atomic E-state index is -1.29. The normalized spacial score (nSPS) is 11.4. The van der Waals surface area contributed by atoms with E-state index >= 15 is 0 Å². The third kappa shape index (κ3) is 2.37. The number of carboxylic acids is 1. The van der Waals surface area contributed by atoms with Gasteiger partial charge in [-0.1, -0.05) is 0 Å². The topological polar surface area (TPSA) is 83.6 Å². The van der Waals surface area contributed by atoms with Crippen LogP contribution in [0.2, 0.25) is 0 Å². The number of rotatable bonds is 4. The summed E-state index contributed by atoms with van der Waals surface area (Å²) in [5, 5.41) is 9.17. The van der Waals surface area contributed by atoms with Crippen LogP contribution in [0.3, 0.4) is 0 Å². The van der Waals surface area contributed by atoms with Gasteiger partial charge >= 0.3 is 5.97 Å². The molecule has 0 unspecified atom stereocenters. The van der Waals surface area contributed by atoms with Gasteiger partial charge in [0.25, 0.3) is 5.91 Å². The van der Waals surface area contributed by atoms with Crippen LogP contribution < -0.4 is 0 Å². The molecular weight excluding hydrogens is 236 g/mol. The van der Waals surface area contributed by atoms with Crippen LogP contribution in [-0.2, 0) is 4.79 Å². The van der Waals surface area contributed by atoms with Gasteiger partial charge in [-0.25, -0.2) is 9.78 Å². The number of oxazole rings is 1. The lowest BCUT2D eigenvalue weighted by Crippen LogP contribution is -2.53. The second-order valence-electron chi connectivity index (χ2n) is 4.56. The maximum Gasteiger partial charge on any atom is 0.329 e. The minimum Gasteiger partial charge on any atom is -0.480 e. The molecule has 0 aliphatic rings. The Morgan fingerprint density at radius 3 is 2.28 bits per heavy atom. The summed E-state index contributed by atoms with van der Waals surface area (Å²) in [4.78, 5) is 28.8. The predicted molar refractivity (Wildman–Crippen MR) is 64.4 cm³/mol. The second kappa shape index (κ2) is 4.80. The molecule has 0 radical (unpaired) electrons. The Morgan fingerprint density at radius 1 is 1.39 bits per heavy atom. The number of aromatic nitrogens is 1. The van der Waals surface area contributed by atoms with Gasteiger partial charge in [-0.2, -0.15) is 0 Å². The van der Waals surface area contributed by atoms with Crippen LogP contribution in [0.1, 0.15) is 42.9 Å². The molecule has 1 aromatic heterocycles. The van der Waals surface area contributed by atoms with E-state index in [2.05, 4.69) is 4.98 Å². The van der Waals surface area contributed by atoms with Gasteiger partial charge in [0, 0.05) is 13.5 Å². The van der Waals surface area contributed by atoms with E-state index in [9.17, 15) is 14.7 Å². The van der Waals surface area contributed by atoms with E-state index in [0.717, 1.165) is 0 Å². The van der Waals surface area contributed by atoms with Crippen molar-refractivity contribution in [2.75, 3.05) is 6.54 Å². The molecule has 1 aromatic rings. The third-order valence-electron chi connectivity index (χ3n) is 2.86. The zero-order valence-corrected chi connectivity index (χ0v) is 11.3. The molecule has 6 heteroatoms. The number of hydrogen-bond donors (Lipinski definition) is 1. The molecule has 0 aromatic carbocycles. The van der Waals surface area contributed by atoms with Gasteiger partial charge in [-0.3, -0.25) is 4.79 Å². The summed E-state index contributed by atoms with van der Waals surface area (Å²) in [5.41, 5.74) is -0.823. The first kappa shape index (κ1) is 14.2. The Hall–Kier alpha value is -1.85. The van der Waals surface area contributed by atoms with Crippen molar-refractivity contribution in [3.63, 3.8) is 0 Å². The Balaban J connectivity index is 3.15. The van der Waals surface area contributed by atoms with Crippen molar-refractivity contribution in [3.8, 4) is 0 Å².